The van der Waals surface area contributed by atoms with Crippen LogP contribution in [-0.4, -0.2) is 17.7 Å². The summed E-state index contributed by atoms with van der Waals surface area (Å²) in [7, 11) is 0. The Morgan fingerprint density at radius 1 is 1.44 bits per heavy atom. The van der Waals surface area contributed by atoms with Crippen molar-refractivity contribution < 1.29 is 23.1 Å². The molecule has 0 fully saturated rings. The lowest BCUT2D eigenvalue weighted by Crippen LogP contribution is -2.38. The normalized spacial score (nSPS) is 21.3. The number of hydrogen-bond acceptors (Lipinski definition) is 3. The highest BCUT2D eigenvalue weighted by Crippen LogP contribution is 2.41. The third-order valence-corrected chi connectivity index (χ3v) is 2.96. The molecule has 0 saturated carbocycles. The first kappa shape index (κ1) is 12.7. The Bertz CT molecular complexity index is 523. The second-order valence-electron chi connectivity index (χ2n) is 4.37. The van der Waals surface area contributed by atoms with Crippen LogP contribution in [0.5, 0.6) is 0 Å². The van der Waals surface area contributed by atoms with Crippen LogP contribution in [0.15, 0.2) is 18.2 Å². The average molecular weight is 254 g/mol. The maximum absolute atomic E-state index is 13.6. The molecule has 1 unspecified atom stereocenters. The van der Waals surface area contributed by atoms with Gasteiger partial charge in [0.15, 0.2) is 0 Å². The van der Waals surface area contributed by atoms with Gasteiger partial charge in [-0.05, 0) is 12.5 Å². The lowest BCUT2D eigenvalue weighted by Gasteiger charge is -2.30. The smallest absolute Gasteiger partial charge is 0.313 e. The topological polar surface area (TPSA) is 43.4 Å². The Labute approximate surface area is 103 Å². The summed E-state index contributed by atoms with van der Waals surface area (Å²) in [5.41, 5.74) is 0.801. The molecule has 1 aliphatic carbocycles. The Morgan fingerprint density at radius 3 is 2.72 bits per heavy atom. The molecule has 0 heterocycles. The predicted molar refractivity (Wildman–Crippen MR) is 59.6 cm³/mol. The zero-order chi connectivity index (χ0) is 13.5. The van der Waals surface area contributed by atoms with Gasteiger partial charge in [0.25, 0.3) is 0 Å². The van der Waals surface area contributed by atoms with Crippen molar-refractivity contribution in [2.45, 2.75) is 32.3 Å². The van der Waals surface area contributed by atoms with Crippen LogP contribution >= 0.6 is 0 Å². The van der Waals surface area contributed by atoms with Crippen LogP contribution < -0.4 is 0 Å². The van der Waals surface area contributed by atoms with Crippen LogP contribution in [-0.2, 0) is 9.53 Å². The van der Waals surface area contributed by atoms with Gasteiger partial charge < -0.3 is 4.74 Å². The first-order valence-electron chi connectivity index (χ1n) is 5.52. The van der Waals surface area contributed by atoms with E-state index in [1.165, 1.54) is 0 Å². The van der Waals surface area contributed by atoms with Crippen molar-refractivity contribution in [3.05, 3.63) is 34.9 Å². The van der Waals surface area contributed by atoms with Gasteiger partial charge in [0, 0.05) is 18.1 Å². The van der Waals surface area contributed by atoms with Crippen molar-refractivity contribution in [1.29, 1.82) is 0 Å². The van der Waals surface area contributed by atoms with Crippen LogP contribution in [0.3, 0.4) is 0 Å². The lowest BCUT2D eigenvalue weighted by molar-refractivity contribution is -0.150. The number of fused-ring (bicyclic) bond motifs is 1. The highest BCUT2D eigenvalue weighted by molar-refractivity contribution is 6.05. The molecule has 96 valence electrons. The molecule has 0 spiro atoms. The molecule has 0 bridgehead atoms. The van der Waals surface area contributed by atoms with Gasteiger partial charge in [0.1, 0.15) is 6.10 Å². The fourth-order valence-corrected chi connectivity index (χ4v) is 2.19. The number of alkyl halides is 2. The van der Waals surface area contributed by atoms with Gasteiger partial charge in [-0.1, -0.05) is 18.2 Å². The van der Waals surface area contributed by atoms with Gasteiger partial charge in [-0.15, -0.1) is 0 Å². The van der Waals surface area contributed by atoms with Gasteiger partial charge in [-0.2, -0.15) is 8.78 Å². The molecule has 0 saturated heterocycles. The molecule has 1 aromatic carbocycles. The highest BCUT2D eigenvalue weighted by atomic mass is 19.3. The summed E-state index contributed by atoms with van der Waals surface area (Å²) in [6.07, 6.45) is -1.85. The Hall–Kier alpha value is -1.78. The quantitative estimate of drug-likeness (QED) is 0.724. The second kappa shape index (κ2) is 4.15. The van der Waals surface area contributed by atoms with Crippen LogP contribution in [0.2, 0.25) is 0 Å². The fourth-order valence-electron chi connectivity index (χ4n) is 2.19. The van der Waals surface area contributed by atoms with Crippen LogP contribution in [0, 0.1) is 6.92 Å². The first-order valence-corrected chi connectivity index (χ1v) is 5.52. The molecule has 0 aliphatic heterocycles. The SMILES string of the molecule is CC(=O)OC1CC(F)(F)C(=O)c2c(C)cccc21. The minimum absolute atomic E-state index is 0.0278. The molecule has 0 amide bonds. The minimum Gasteiger partial charge on any atom is -0.457 e. The number of aryl methyl sites for hydroxylation is 1. The van der Waals surface area contributed by atoms with E-state index in [1.807, 2.05) is 0 Å². The number of ether oxygens (including phenoxy) is 1. The number of benzene rings is 1. The summed E-state index contributed by atoms with van der Waals surface area (Å²) in [5.74, 6) is -5.32. The number of esters is 1. The number of halogens is 2. The van der Waals surface area contributed by atoms with Crippen LogP contribution in [0.1, 0.15) is 40.9 Å². The summed E-state index contributed by atoms with van der Waals surface area (Å²) >= 11 is 0. The predicted octanol–water partition coefficient (Wildman–Crippen LogP) is 2.82. The minimum atomic E-state index is -3.49. The molecular formula is C13H12F2O3. The third kappa shape index (κ3) is 2.00. The molecule has 5 heteroatoms. The van der Waals surface area contributed by atoms with Gasteiger partial charge in [0.05, 0.1) is 6.42 Å². The van der Waals surface area contributed by atoms with E-state index in [1.54, 1.807) is 25.1 Å². The lowest BCUT2D eigenvalue weighted by atomic mass is 9.83. The summed E-state index contributed by atoms with van der Waals surface area (Å²) in [6.45, 7) is 2.74. The zero-order valence-corrected chi connectivity index (χ0v) is 10.00. The average Bonchev–Trinajstić information content (AvgIpc) is 2.24. The standard InChI is InChI=1S/C13H12F2O3/c1-7-4-3-5-9-10(18-8(2)16)6-13(14,15)12(17)11(7)9/h3-5,10H,6H2,1-2H3. The molecule has 3 nitrogen and oxygen atoms in total. The Morgan fingerprint density at radius 2 is 2.11 bits per heavy atom. The summed E-state index contributed by atoms with van der Waals surface area (Å²) in [5, 5.41) is 0. The molecule has 0 N–H and O–H groups in total. The fraction of sp³-hybridized carbons (Fsp3) is 0.385. The Kier molecular flexibility index (Phi) is 2.92. The molecule has 0 aromatic heterocycles. The van der Waals surface area contributed by atoms with Crippen molar-refractivity contribution >= 4 is 11.8 Å². The summed E-state index contributed by atoms with van der Waals surface area (Å²) in [6, 6.07) is 4.79. The van der Waals surface area contributed by atoms with Crippen LogP contribution in [0.25, 0.3) is 0 Å². The number of carbonyl (C=O) groups is 2. The van der Waals surface area contributed by atoms with Gasteiger partial charge in [-0.3, -0.25) is 9.59 Å². The summed E-state index contributed by atoms with van der Waals surface area (Å²) < 4.78 is 32.1. The molecule has 2 rings (SSSR count). The molecular weight excluding hydrogens is 242 g/mol. The number of Topliss-reactive ketones (excluding diaryl/α,β-unsaturated/α-hetero) is 1. The van der Waals surface area contributed by atoms with E-state index >= 15 is 0 Å². The van der Waals surface area contributed by atoms with E-state index in [0.29, 0.717) is 11.1 Å². The first-order chi connectivity index (χ1) is 8.33. The zero-order valence-electron chi connectivity index (χ0n) is 10.00. The third-order valence-electron chi connectivity index (χ3n) is 2.96. The van der Waals surface area contributed by atoms with Crippen molar-refractivity contribution in [2.24, 2.45) is 0 Å². The number of hydrogen-bond donors (Lipinski definition) is 0. The van der Waals surface area contributed by atoms with Crippen molar-refractivity contribution in [1.82, 2.24) is 0 Å². The van der Waals surface area contributed by atoms with E-state index in [9.17, 15) is 18.4 Å². The number of ketones is 1. The summed E-state index contributed by atoms with van der Waals surface area (Å²) in [4.78, 5) is 22.6. The van der Waals surface area contributed by atoms with E-state index < -0.39 is 30.2 Å². The number of carbonyl (C=O) groups excluding carboxylic acids is 2. The number of rotatable bonds is 1. The van der Waals surface area contributed by atoms with Gasteiger partial charge >= 0.3 is 11.9 Å². The molecule has 1 aromatic rings. The van der Waals surface area contributed by atoms with E-state index in [-0.39, 0.29) is 5.56 Å². The maximum atomic E-state index is 13.6. The molecule has 18 heavy (non-hydrogen) atoms. The highest BCUT2D eigenvalue weighted by Gasteiger charge is 2.49. The maximum Gasteiger partial charge on any atom is 0.313 e. The largest absolute Gasteiger partial charge is 0.457 e. The van der Waals surface area contributed by atoms with Gasteiger partial charge in [0.2, 0.25) is 5.78 Å². The molecule has 1 aliphatic rings. The van der Waals surface area contributed by atoms with E-state index in [4.69, 9.17) is 4.74 Å². The molecule has 0 radical (unpaired) electrons. The Balaban J connectivity index is 2.56. The van der Waals surface area contributed by atoms with Crippen molar-refractivity contribution in [3.63, 3.8) is 0 Å². The second-order valence-corrected chi connectivity index (χ2v) is 4.37. The van der Waals surface area contributed by atoms with Gasteiger partial charge in [-0.25, -0.2) is 0 Å². The van der Waals surface area contributed by atoms with Crippen LogP contribution in [0.4, 0.5) is 8.78 Å². The van der Waals surface area contributed by atoms with E-state index in [2.05, 4.69) is 0 Å². The molecule has 1 atom stereocenters. The monoisotopic (exact) mass is 254 g/mol. The van der Waals surface area contributed by atoms with Crippen molar-refractivity contribution in [2.75, 3.05) is 0 Å². The van der Waals surface area contributed by atoms with E-state index in [0.717, 1.165) is 6.92 Å². The van der Waals surface area contributed by atoms with Crippen molar-refractivity contribution in [3.8, 4) is 0 Å².